The second kappa shape index (κ2) is 21.5. The first kappa shape index (κ1) is 45.2. The van der Waals surface area contributed by atoms with Crippen LogP contribution in [0.1, 0.15) is 42.5 Å². The van der Waals surface area contributed by atoms with Crippen molar-refractivity contribution in [3.63, 3.8) is 0 Å². The Hall–Kier alpha value is -8.41. The normalized spacial score (nSPS) is 12.9. The van der Waals surface area contributed by atoms with Crippen LogP contribution in [-0.2, 0) is 0 Å². The van der Waals surface area contributed by atoms with Gasteiger partial charge in [-0.2, -0.15) is 15.0 Å². The van der Waals surface area contributed by atoms with Crippen molar-refractivity contribution in [2.75, 3.05) is 9.80 Å². The van der Waals surface area contributed by atoms with Crippen molar-refractivity contribution in [3.05, 3.63) is 266 Å². The Balaban J connectivity index is 1.45. The lowest BCUT2D eigenvalue weighted by atomic mass is 9.96. The van der Waals surface area contributed by atoms with Crippen molar-refractivity contribution in [3.8, 4) is 33.6 Å². The van der Waals surface area contributed by atoms with Gasteiger partial charge in [-0.3, -0.25) is 9.80 Å². The molecule has 67 heavy (non-hydrogen) atoms. The molecule has 1 aliphatic carbocycles. The van der Waals surface area contributed by atoms with Crippen LogP contribution in [0.3, 0.4) is 0 Å². The number of rotatable bonds is 15. The van der Waals surface area contributed by atoms with Gasteiger partial charge in [-0.1, -0.05) is 188 Å². The van der Waals surface area contributed by atoms with Crippen LogP contribution >= 0.6 is 0 Å². The summed E-state index contributed by atoms with van der Waals surface area (Å²) < 4.78 is 0. The Morgan fingerprint density at radius 2 is 1.21 bits per heavy atom. The zero-order valence-corrected chi connectivity index (χ0v) is 38.7. The molecule has 0 saturated heterocycles. The summed E-state index contributed by atoms with van der Waals surface area (Å²) >= 11 is 0. The van der Waals surface area contributed by atoms with E-state index in [1.165, 1.54) is 5.56 Å². The van der Waals surface area contributed by atoms with E-state index in [4.69, 9.17) is 15.0 Å². The smallest absolute Gasteiger partial charge is 0.240 e. The highest BCUT2D eigenvalue weighted by Gasteiger charge is 2.25. The van der Waals surface area contributed by atoms with Crippen molar-refractivity contribution in [2.24, 2.45) is 0 Å². The molecule has 1 heterocycles. The van der Waals surface area contributed by atoms with E-state index < -0.39 is 0 Å². The van der Waals surface area contributed by atoms with Crippen LogP contribution in [0, 0.1) is 13.8 Å². The van der Waals surface area contributed by atoms with Crippen molar-refractivity contribution in [1.29, 1.82) is 0 Å². The van der Waals surface area contributed by atoms with Crippen LogP contribution < -0.4 is 9.80 Å². The van der Waals surface area contributed by atoms with Crippen LogP contribution in [0.5, 0.6) is 0 Å². The van der Waals surface area contributed by atoms with E-state index in [-0.39, 0.29) is 0 Å². The van der Waals surface area contributed by atoms with Gasteiger partial charge in [-0.15, -0.1) is 0 Å². The molecule has 0 unspecified atom stereocenters. The van der Waals surface area contributed by atoms with Crippen molar-refractivity contribution < 1.29 is 0 Å². The molecule has 0 bridgehead atoms. The summed E-state index contributed by atoms with van der Waals surface area (Å²) in [6.45, 7) is 16.5. The molecule has 0 N–H and O–H groups in total. The molecule has 0 fully saturated rings. The van der Waals surface area contributed by atoms with Gasteiger partial charge in [0.15, 0.2) is 5.82 Å². The summed E-state index contributed by atoms with van der Waals surface area (Å²) in [4.78, 5) is 20.7. The number of nitrogens with zero attached hydrogens (tertiary/aromatic N) is 5. The quantitative estimate of drug-likeness (QED) is 0.0961. The second-order valence-electron chi connectivity index (χ2n) is 16.3. The molecular weight excluding hydrogens is 815 g/mol. The summed E-state index contributed by atoms with van der Waals surface area (Å²) in [7, 11) is 0. The summed E-state index contributed by atoms with van der Waals surface area (Å²) in [6.07, 6.45) is 27.5. The molecule has 5 heteroatoms. The lowest BCUT2D eigenvalue weighted by Gasteiger charge is -2.29. The van der Waals surface area contributed by atoms with E-state index in [2.05, 4.69) is 208 Å². The van der Waals surface area contributed by atoms with Crippen LogP contribution in [0.15, 0.2) is 243 Å². The number of aryl methyl sites for hydroxylation is 2. The first-order valence-corrected chi connectivity index (χ1v) is 22.7. The Morgan fingerprint density at radius 3 is 1.88 bits per heavy atom. The van der Waals surface area contributed by atoms with E-state index in [0.29, 0.717) is 17.7 Å². The summed E-state index contributed by atoms with van der Waals surface area (Å²) in [5.74, 6) is 1.45. The highest BCUT2D eigenvalue weighted by Crippen LogP contribution is 2.41. The van der Waals surface area contributed by atoms with E-state index in [1.807, 2.05) is 61.6 Å². The van der Waals surface area contributed by atoms with Crippen LogP contribution in [0.2, 0.25) is 0 Å². The van der Waals surface area contributed by atoms with Crippen LogP contribution in [-0.4, -0.2) is 15.0 Å². The summed E-state index contributed by atoms with van der Waals surface area (Å²) in [5.41, 5.74) is 15.2. The Bertz CT molecular complexity index is 3110. The fourth-order valence-electron chi connectivity index (χ4n) is 8.06. The lowest BCUT2D eigenvalue weighted by molar-refractivity contribution is 0.975. The fourth-order valence-corrected chi connectivity index (χ4v) is 8.06. The van der Waals surface area contributed by atoms with E-state index in [0.717, 1.165) is 84.8 Å². The van der Waals surface area contributed by atoms with Gasteiger partial charge in [-0.05, 0) is 139 Å². The fraction of sp³-hybridized carbons (Fsp3) is 0.0806. The molecular formula is C62H55N5. The molecule has 0 saturated carbocycles. The molecule has 0 atom stereocenters. The van der Waals surface area contributed by atoms with Gasteiger partial charge >= 0.3 is 0 Å². The number of allylic oxidation sites excluding steroid dienone is 15. The molecule has 0 amide bonds. The monoisotopic (exact) mass is 869 g/mol. The largest absolute Gasteiger partial charge is 0.279 e. The maximum atomic E-state index is 5.57. The van der Waals surface area contributed by atoms with Gasteiger partial charge in [0.1, 0.15) is 0 Å². The topological polar surface area (TPSA) is 45.2 Å². The van der Waals surface area contributed by atoms with E-state index >= 15 is 0 Å². The predicted molar refractivity (Wildman–Crippen MR) is 286 cm³/mol. The SMILES string of the molecule is C=C/C=C\C(=C/C)c1cc(/C(C=C)=C/C=C\C)cc(N(c2ccc(C)cc2)c2nc(-c3ccccc3)nc(N(C3=CC=CCC=C3)c3cc(-c4ccccc4)cc(-c4cccc(C)c4)c3)n2)c1. The first-order chi connectivity index (χ1) is 32.8. The summed E-state index contributed by atoms with van der Waals surface area (Å²) in [6, 6.07) is 51.2. The first-order valence-electron chi connectivity index (χ1n) is 22.7. The average Bonchev–Trinajstić information content (AvgIpc) is 3.65. The lowest BCUT2D eigenvalue weighted by Crippen LogP contribution is -2.22. The molecule has 1 aliphatic rings. The van der Waals surface area contributed by atoms with E-state index in [9.17, 15) is 0 Å². The molecule has 0 aliphatic heterocycles. The third-order valence-electron chi connectivity index (χ3n) is 11.4. The predicted octanol–water partition coefficient (Wildman–Crippen LogP) is 16.8. The number of anilines is 5. The minimum Gasteiger partial charge on any atom is -0.279 e. The number of aromatic nitrogens is 3. The zero-order chi connectivity index (χ0) is 46.5. The second-order valence-corrected chi connectivity index (χ2v) is 16.3. The molecule has 5 nitrogen and oxygen atoms in total. The van der Waals surface area contributed by atoms with Crippen LogP contribution in [0.25, 0.3) is 44.8 Å². The van der Waals surface area contributed by atoms with E-state index in [1.54, 1.807) is 6.08 Å². The highest BCUT2D eigenvalue weighted by atomic mass is 15.3. The van der Waals surface area contributed by atoms with Crippen molar-refractivity contribution >= 4 is 40.1 Å². The standard InChI is InChI=1S/C62H55N5/c1-7-11-25-47(9-3)52-39-53(48(10-4)26-12-8-2)42-58(41-52)67(57-36-34-45(5)35-37-57)62-64-60(50-29-19-16-20-30-50)63-61(65-62)66(56-32-21-13-14-22-33-56)59-43-54(49-27-17-15-18-28-49)40-55(44-59)51-31-23-24-46(6)38-51/h7-13,15-44H,1,4,14H2,2-3,5-6H3/b12-8-,25-11-,47-9+,48-26+. The van der Waals surface area contributed by atoms with Gasteiger partial charge in [0.25, 0.3) is 0 Å². The van der Waals surface area contributed by atoms with Crippen molar-refractivity contribution in [2.45, 2.75) is 34.1 Å². The summed E-state index contributed by atoms with van der Waals surface area (Å²) in [5, 5.41) is 0. The third kappa shape index (κ3) is 10.8. The van der Waals surface area contributed by atoms with Gasteiger partial charge in [0, 0.05) is 16.9 Å². The average molecular weight is 870 g/mol. The third-order valence-corrected chi connectivity index (χ3v) is 11.4. The maximum absolute atomic E-state index is 5.57. The number of hydrogen-bond acceptors (Lipinski definition) is 5. The zero-order valence-electron chi connectivity index (χ0n) is 38.7. The molecule has 7 aromatic rings. The van der Waals surface area contributed by atoms with Gasteiger partial charge in [0.05, 0.1) is 11.4 Å². The molecule has 0 spiro atoms. The minimum atomic E-state index is 0.453. The van der Waals surface area contributed by atoms with Gasteiger partial charge in [0.2, 0.25) is 11.9 Å². The molecule has 8 rings (SSSR count). The Kier molecular flexibility index (Phi) is 14.5. The molecule has 328 valence electrons. The van der Waals surface area contributed by atoms with Crippen LogP contribution in [0.4, 0.5) is 29.0 Å². The number of hydrogen-bond donors (Lipinski definition) is 0. The number of benzene rings is 6. The maximum Gasteiger partial charge on any atom is 0.240 e. The minimum absolute atomic E-state index is 0.453. The Labute approximate surface area is 396 Å². The Morgan fingerprint density at radius 1 is 0.552 bits per heavy atom. The molecule has 1 aromatic heterocycles. The van der Waals surface area contributed by atoms with Gasteiger partial charge in [-0.25, -0.2) is 0 Å². The highest BCUT2D eigenvalue weighted by molar-refractivity contribution is 5.87. The molecule has 0 radical (unpaired) electrons. The van der Waals surface area contributed by atoms with Gasteiger partial charge < -0.3 is 0 Å². The molecule has 6 aromatic carbocycles. The van der Waals surface area contributed by atoms with Crippen molar-refractivity contribution in [1.82, 2.24) is 15.0 Å².